The summed E-state index contributed by atoms with van der Waals surface area (Å²) in [6.07, 6.45) is -0.540. The molecule has 1 fully saturated rings. The molecule has 0 atom stereocenters. The summed E-state index contributed by atoms with van der Waals surface area (Å²) in [6, 6.07) is 16.6. The fourth-order valence-corrected chi connectivity index (χ4v) is 3.66. The summed E-state index contributed by atoms with van der Waals surface area (Å²) < 4.78 is 42.0. The first-order valence-electron chi connectivity index (χ1n) is 10.2. The molecule has 1 aliphatic carbocycles. The van der Waals surface area contributed by atoms with Crippen molar-refractivity contribution < 1.29 is 17.9 Å². The highest BCUT2D eigenvalue weighted by atomic mass is 19.4. The van der Waals surface area contributed by atoms with E-state index >= 15 is 0 Å². The highest BCUT2D eigenvalue weighted by molar-refractivity contribution is 5.70. The van der Waals surface area contributed by atoms with Crippen LogP contribution in [-0.4, -0.2) is 22.4 Å². The lowest BCUT2D eigenvalue weighted by Crippen LogP contribution is -2.17. The molecule has 4 rings (SSSR count). The Hall–Kier alpha value is -3.80. The third-order valence-corrected chi connectivity index (χ3v) is 5.09. The van der Waals surface area contributed by atoms with Gasteiger partial charge in [-0.15, -0.1) is 13.2 Å². The van der Waals surface area contributed by atoms with Crippen LogP contribution in [0.25, 0.3) is 11.3 Å². The zero-order valence-corrected chi connectivity index (χ0v) is 17.0. The number of para-hydroxylation sites is 1. The normalized spacial score (nSPS) is 14.1. The molecule has 9 heteroatoms. The van der Waals surface area contributed by atoms with Crippen LogP contribution < -0.4 is 15.4 Å². The summed E-state index contributed by atoms with van der Waals surface area (Å²) in [6.45, 7) is 0. The van der Waals surface area contributed by atoms with Crippen LogP contribution in [0.2, 0.25) is 0 Å². The second-order valence-electron chi connectivity index (χ2n) is 7.45. The van der Waals surface area contributed by atoms with Crippen molar-refractivity contribution in [3.05, 3.63) is 60.2 Å². The molecule has 1 aliphatic rings. The smallest absolute Gasteiger partial charge is 0.406 e. The second-order valence-corrected chi connectivity index (χ2v) is 7.45. The summed E-state index contributed by atoms with van der Waals surface area (Å²) in [5, 5.41) is 15.8. The molecule has 0 aliphatic heterocycles. The molecular weight excluding hydrogens is 419 g/mol. The Balaban J connectivity index is 1.70. The lowest BCUT2D eigenvalue weighted by Gasteiger charge is -2.16. The zero-order chi connectivity index (χ0) is 22.6. The number of nitrogens with zero attached hydrogens (tertiary/aromatic N) is 3. The lowest BCUT2D eigenvalue weighted by atomic mass is 10.1. The van der Waals surface area contributed by atoms with E-state index in [9.17, 15) is 18.4 Å². The molecule has 3 aromatic rings. The number of nitrogens with one attached hydrogen (secondary N) is 2. The van der Waals surface area contributed by atoms with Crippen molar-refractivity contribution >= 4 is 17.5 Å². The standard InChI is InChI=1S/C23H20F3N5O/c24-23(25,26)32-18-10-5-7-15(12-18)20-13-21(29-19-11-4-1-6-16(19)14-27)31-22(30-20)28-17-8-2-3-9-17/h1,4-7,10-13,17H,2-3,8-9H2,(H2,28,29,30,31). The molecule has 1 saturated carbocycles. The van der Waals surface area contributed by atoms with Gasteiger partial charge in [-0.3, -0.25) is 0 Å². The van der Waals surface area contributed by atoms with Crippen molar-refractivity contribution in [2.75, 3.05) is 10.6 Å². The van der Waals surface area contributed by atoms with Crippen LogP contribution in [-0.2, 0) is 0 Å². The minimum absolute atomic E-state index is 0.240. The van der Waals surface area contributed by atoms with E-state index in [1.165, 1.54) is 18.2 Å². The average molecular weight is 439 g/mol. The van der Waals surface area contributed by atoms with E-state index < -0.39 is 6.36 Å². The average Bonchev–Trinajstić information content (AvgIpc) is 3.26. The highest BCUT2D eigenvalue weighted by Crippen LogP contribution is 2.30. The molecule has 164 valence electrons. The SMILES string of the molecule is N#Cc1ccccc1Nc1cc(-c2cccc(OC(F)(F)F)c2)nc(NC2CCCC2)n1. The van der Waals surface area contributed by atoms with Crippen LogP contribution in [0.15, 0.2) is 54.6 Å². The summed E-state index contributed by atoms with van der Waals surface area (Å²) >= 11 is 0. The molecule has 2 N–H and O–H groups in total. The van der Waals surface area contributed by atoms with Gasteiger partial charge in [0.2, 0.25) is 5.95 Å². The number of ether oxygens (including phenoxy) is 1. The van der Waals surface area contributed by atoms with Gasteiger partial charge in [-0.25, -0.2) is 4.98 Å². The van der Waals surface area contributed by atoms with Crippen LogP contribution in [0.5, 0.6) is 5.75 Å². The fourth-order valence-electron chi connectivity index (χ4n) is 3.66. The Morgan fingerprint density at radius 1 is 1.00 bits per heavy atom. The quantitative estimate of drug-likeness (QED) is 0.489. The number of halogens is 3. The van der Waals surface area contributed by atoms with Crippen molar-refractivity contribution in [3.8, 4) is 23.1 Å². The predicted molar refractivity (Wildman–Crippen MR) is 114 cm³/mol. The molecule has 1 aromatic heterocycles. The van der Waals surface area contributed by atoms with Crippen molar-refractivity contribution in [1.82, 2.24) is 9.97 Å². The maximum absolute atomic E-state index is 12.7. The molecule has 0 spiro atoms. The second kappa shape index (κ2) is 9.14. The van der Waals surface area contributed by atoms with E-state index in [-0.39, 0.29) is 11.8 Å². The Bertz CT molecular complexity index is 1140. The van der Waals surface area contributed by atoms with E-state index in [1.54, 1.807) is 36.4 Å². The van der Waals surface area contributed by atoms with Crippen molar-refractivity contribution in [1.29, 1.82) is 5.26 Å². The number of aromatic nitrogens is 2. The number of hydrogen-bond acceptors (Lipinski definition) is 6. The number of benzene rings is 2. The Labute approximate surface area is 183 Å². The molecule has 0 unspecified atom stereocenters. The van der Waals surface area contributed by atoms with Gasteiger partial charge in [0, 0.05) is 17.7 Å². The summed E-state index contributed by atoms with van der Waals surface area (Å²) in [5.74, 6) is 0.456. The minimum atomic E-state index is -4.78. The summed E-state index contributed by atoms with van der Waals surface area (Å²) in [4.78, 5) is 9.05. The summed E-state index contributed by atoms with van der Waals surface area (Å²) in [5.41, 5.74) is 1.88. The molecule has 0 saturated heterocycles. The molecule has 32 heavy (non-hydrogen) atoms. The zero-order valence-electron chi connectivity index (χ0n) is 17.0. The lowest BCUT2D eigenvalue weighted by molar-refractivity contribution is -0.274. The Kier molecular flexibility index (Phi) is 6.12. The van der Waals surface area contributed by atoms with Crippen molar-refractivity contribution in [2.24, 2.45) is 0 Å². The third-order valence-electron chi connectivity index (χ3n) is 5.09. The van der Waals surface area contributed by atoms with Gasteiger partial charge in [0.05, 0.1) is 16.9 Å². The van der Waals surface area contributed by atoms with Crippen molar-refractivity contribution in [3.63, 3.8) is 0 Å². The van der Waals surface area contributed by atoms with Crippen LogP contribution in [0.3, 0.4) is 0 Å². The number of anilines is 3. The van der Waals surface area contributed by atoms with E-state index in [4.69, 9.17) is 0 Å². The molecule has 0 bridgehead atoms. The van der Waals surface area contributed by atoms with E-state index in [0.29, 0.717) is 34.3 Å². The number of nitriles is 1. The topological polar surface area (TPSA) is 82.9 Å². The van der Waals surface area contributed by atoms with Crippen LogP contribution >= 0.6 is 0 Å². The van der Waals surface area contributed by atoms with Crippen LogP contribution in [0.4, 0.5) is 30.6 Å². The number of alkyl halides is 3. The van der Waals surface area contributed by atoms with Gasteiger partial charge in [0.1, 0.15) is 17.6 Å². The minimum Gasteiger partial charge on any atom is -0.406 e. The Morgan fingerprint density at radius 3 is 2.53 bits per heavy atom. The number of rotatable bonds is 6. The third kappa shape index (κ3) is 5.46. The Morgan fingerprint density at radius 2 is 1.78 bits per heavy atom. The van der Waals surface area contributed by atoms with Crippen LogP contribution in [0.1, 0.15) is 31.2 Å². The van der Waals surface area contributed by atoms with Gasteiger partial charge < -0.3 is 15.4 Å². The van der Waals surface area contributed by atoms with Gasteiger partial charge in [0.15, 0.2) is 0 Å². The predicted octanol–water partition coefficient (Wildman–Crippen LogP) is 6.01. The molecule has 0 radical (unpaired) electrons. The largest absolute Gasteiger partial charge is 0.573 e. The van der Waals surface area contributed by atoms with Gasteiger partial charge >= 0.3 is 6.36 Å². The van der Waals surface area contributed by atoms with Crippen molar-refractivity contribution in [2.45, 2.75) is 38.1 Å². The molecule has 0 amide bonds. The maximum atomic E-state index is 12.7. The van der Waals surface area contributed by atoms with E-state index in [0.717, 1.165) is 25.7 Å². The first kappa shape index (κ1) is 21.4. The molecular formula is C23H20F3N5O. The maximum Gasteiger partial charge on any atom is 0.573 e. The van der Waals surface area contributed by atoms with Gasteiger partial charge in [-0.2, -0.15) is 10.2 Å². The highest BCUT2D eigenvalue weighted by Gasteiger charge is 2.31. The van der Waals surface area contributed by atoms with Gasteiger partial charge in [-0.05, 0) is 37.1 Å². The van der Waals surface area contributed by atoms with Gasteiger partial charge in [-0.1, -0.05) is 37.1 Å². The summed E-state index contributed by atoms with van der Waals surface area (Å²) in [7, 11) is 0. The number of hydrogen-bond donors (Lipinski definition) is 2. The van der Waals surface area contributed by atoms with E-state index in [2.05, 4.69) is 31.4 Å². The molecule has 1 heterocycles. The van der Waals surface area contributed by atoms with Gasteiger partial charge in [0.25, 0.3) is 0 Å². The van der Waals surface area contributed by atoms with E-state index in [1.807, 2.05) is 0 Å². The first-order valence-corrected chi connectivity index (χ1v) is 10.2. The first-order chi connectivity index (χ1) is 15.4. The molecule has 2 aromatic carbocycles. The van der Waals surface area contributed by atoms with Crippen LogP contribution in [0, 0.1) is 11.3 Å². The molecule has 6 nitrogen and oxygen atoms in total. The fraction of sp³-hybridized carbons (Fsp3) is 0.261. The monoisotopic (exact) mass is 439 g/mol.